The van der Waals surface area contributed by atoms with E-state index in [4.69, 9.17) is 0 Å². The molecule has 0 heterocycles. The van der Waals surface area contributed by atoms with Crippen LogP contribution in [0.2, 0.25) is 0 Å². The van der Waals surface area contributed by atoms with Crippen LogP contribution in [0.25, 0.3) is 0 Å². The molecule has 0 radical (unpaired) electrons. The Morgan fingerprint density at radius 3 is 0.895 bits per heavy atom. The average Bonchev–Trinajstić information content (AvgIpc) is 2.82. The minimum absolute atomic E-state index is 0.0541. The fourth-order valence-corrected chi connectivity index (χ4v) is 4.16. The summed E-state index contributed by atoms with van der Waals surface area (Å²) in [4.78, 5) is 38.0. The molecule has 0 atom stereocenters. The molecule has 10 nitrogen and oxygen atoms in total. The smallest absolute Gasteiger partial charge is 0.317 e. The Bertz CT molecular complexity index is 509. The van der Waals surface area contributed by atoms with Gasteiger partial charge in [0.15, 0.2) is 0 Å². The van der Waals surface area contributed by atoms with Crippen LogP contribution in [0.15, 0.2) is 0 Å². The summed E-state index contributed by atoms with van der Waals surface area (Å²) in [6.45, 7) is 8.50. The summed E-state index contributed by atoms with van der Waals surface area (Å²) in [5, 5.41) is 6.23. The molecule has 226 valence electrons. The lowest BCUT2D eigenvalue weighted by molar-refractivity contribution is 0.190. The molecule has 0 bridgehead atoms. The number of nitrogens with one attached hydrogen (secondary N) is 2. The van der Waals surface area contributed by atoms with Gasteiger partial charge in [0, 0.05) is 39.3 Å². The second-order valence-corrected chi connectivity index (χ2v) is 11.5. The van der Waals surface area contributed by atoms with Gasteiger partial charge < -0.3 is 40.0 Å². The van der Waals surface area contributed by atoms with Crippen molar-refractivity contribution in [3.05, 3.63) is 0 Å². The fourth-order valence-electron chi connectivity index (χ4n) is 4.16. The fraction of sp³-hybridized carbons (Fsp3) is 0.929. The van der Waals surface area contributed by atoms with Crippen molar-refractivity contribution >= 4 is 12.1 Å². The van der Waals surface area contributed by atoms with Gasteiger partial charge in [-0.05, 0) is 121 Å². The molecule has 0 aliphatic rings. The Morgan fingerprint density at radius 1 is 0.395 bits per heavy atom. The highest BCUT2D eigenvalue weighted by molar-refractivity contribution is 5.74. The second-order valence-electron chi connectivity index (χ2n) is 11.5. The molecular formula is C28H62N8O2. The molecule has 0 aliphatic carbocycles. The van der Waals surface area contributed by atoms with Gasteiger partial charge in [-0.15, -0.1) is 0 Å². The van der Waals surface area contributed by atoms with Crippen molar-refractivity contribution in [2.75, 3.05) is 122 Å². The van der Waals surface area contributed by atoms with Crippen LogP contribution in [-0.2, 0) is 0 Å². The van der Waals surface area contributed by atoms with E-state index >= 15 is 0 Å². The predicted molar refractivity (Wildman–Crippen MR) is 161 cm³/mol. The van der Waals surface area contributed by atoms with Crippen molar-refractivity contribution in [2.45, 2.75) is 51.4 Å². The normalized spacial score (nSPS) is 11.6. The molecule has 0 aliphatic heterocycles. The van der Waals surface area contributed by atoms with Gasteiger partial charge in [0.05, 0.1) is 0 Å². The van der Waals surface area contributed by atoms with E-state index in [-0.39, 0.29) is 12.1 Å². The molecule has 0 saturated heterocycles. The quantitative estimate of drug-likeness (QED) is 0.193. The summed E-state index contributed by atoms with van der Waals surface area (Å²) in [6, 6.07) is 0.108. The first-order valence-corrected chi connectivity index (χ1v) is 14.7. The molecule has 0 aromatic carbocycles. The van der Waals surface area contributed by atoms with Gasteiger partial charge in [-0.25, -0.2) is 9.59 Å². The first-order valence-electron chi connectivity index (χ1n) is 14.7. The molecular weight excluding hydrogens is 480 g/mol. The number of carbonyl (C=O) groups excluding carboxylic acids is 2. The third-order valence-corrected chi connectivity index (χ3v) is 6.36. The molecule has 10 heteroatoms. The van der Waals surface area contributed by atoms with Crippen LogP contribution in [0.3, 0.4) is 0 Å². The van der Waals surface area contributed by atoms with Crippen molar-refractivity contribution in [3.8, 4) is 0 Å². The molecule has 38 heavy (non-hydrogen) atoms. The number of urea groups is 2. The maximum absolute atomic E-state index is 12.7. The van der Waals surface area contributed by atoms with Crippen molar-refractivity contribution in [3.63, 3.8) is 0 Å². The first-order chi connectivity index (χ1) is 18.0. The van der Waals surface area contributed by atoms with Crippen LogP contribution in [0.5, 0.6) is 0 Å². The van der Waals surface area contributed by atoms with Gasteiger partial charge in [0.25, 0.3) is 0 Å². The SMILES string of the molecule is CN(C)CCCN(CCCN(C)C)C(=O)NCCCCCCNC(=O)N(CCCN(C)C)CCCN(C)C. The van der Waals surface area contributed by atoms with E-state index in [1.54, 1.807) is 0 Å². The number of carbonyl (C=O) groups is 2. The zero-order chi connectivity index (χ0) is 28.8. The highest BCUT2D eigenvalue weighted by atomic mass is 16.2. The number of rotatable bonds is 23. The van der Waals surface area contributed by atoms with E-state index in [0.29, 0.717) is 13.1 Å². The molecule has 2 N–H and O–H groups in total. The number of hydrogen-bond donors (Lipinski definition) is 2. The topological polar surface area (TPSA) is 77.6 Å². The Labute approximate surface area is 235 Å². The average molecular weight is 543 g/mol. The summed E-state index contributed by atoms with van der Waals surface area (Å²) in [5.41, 5.74) is 0. The summed E-state index contributed by atoms with van der Waals surface area (Å²) >= 11 is 0. The van der Waals surface area contributed by atoms with Crippen molar-refractivity contribution in [2.24, 2.45) is 0 Å². The standard InChI is InChI=1S/C28H62N8O2/c1-31(2)19-13-23-35(24-14-20-32(3)4)27(37)29-17-11-9-10-12-18-30-28(38)36(25-15-21-33(5)6)26-16-22-34(7)8/h9-26H2,1-8H3,(H,29,37)(H,30,38). The van der Waals surface area contributed by atoms with E-state index < -0.39 is 0 Å². The summed E-state index contributed by atoms with van der Waals surface area (Å²) in [7, 11) is 16.5. The van der Waals surface area contributed by atoms with Gasteiger partial charge in [-0.3, -0.25) is 0 Å². The Kier molecular flexibility index (Phi) is 22.3. The van der Waals surface area contributed by atoms with Gasteiger partial charge in [-0.2, -0.15) is 0 Å². The molecule has 0 unspecified atom stereocenters. The lowest BCUT2D eigenvalue weighted by Gasteiger charge is -2.25. The highest BCUT2D eigenvalue weighted by Crippen LogP contribution is 2.02. The van der Waals surface area contributed by atoms with Crippen LogP contribution in [0.4, 0.5) is 9.59 Å². The van der Waals surface area contributed by atoms with E-state index in [1.807, 2.05) is 9.80 Å². The lowest BCUT2D eigenvalue weighted by Crippen LogP contribution is -2.42. The largest absolute Gasteiger partial charge is 0.338 e. The molecule has 0 rings (SSSR count). The number of nitrogens with zero attached hydrogens (tertiary/aromatic N) is 6. The van der Waals surface area contributed by atoms with Crippen LogP contribution in [0, 0.1) is 0 Å². The Hall–Kier alpha value is -1.62. The van der Waals surface area contributed by atoms with E-state index in [0.717, 1.165) is 104 Å². The number of amides is 4. The van der Waals surface area contributed by atoms with Gasteiger partial charge in [0.1, 0.15) is 0 Å². The minimum atomic E-state index is 0.0541. The van der Waals surface area contributed by atoms with Gasteiger partial charge in [0.2, 0.25) is 0 Å². The molecule has 4 amide bonds. The second kappa shape index (κ2) is 23.3. The molecule has 0 aromatic heterocycles. The van der Waals surface area contributed by atoms with Crippen LogP contribution in [0.1, 0.15) is 51.4 Å². The monoisotopic (exact) mass is 542 g/mol. The third-order valence-electron chi connectivity index (χ3n) is 6.36. The van der Waals surface area contributed by atoms with Crippen molar-refractivity contribution in [1.82, 2.24) is 40.0 Å². The number of hydrogen-bond acceptors (Lipinski definition) is 6. The molecule has 0 saturated carbocycles. The maximum atomic E-state index is 12.7. The summed E-state index contributed by atoms with van der Waals surface area (Å²) < 4.78 is 0. The van der Waals surface area contributed by atoms with Gasteiger partial charge in [-0.1, -0.05) is 12.8 Å². The highest BCUT2D eigenvalue weighted by Gasteiger charge is 2.14. The van der Waals surface area contributed by atoms with Gasteiger partial charge >= 0.3 is 12.1 Å². The Morgan fingerprint density at radius 2 is 0.658 bits per heavy atom. The predicted octanol–water partition coefficient (Wildman–Crippen LogP) is 2.38. The van der Waals surface area contributed by atoms with E-state index in [2.05, 4.69) is 86.6 Å². The Balaban J connectivity index is 4.21. The van der Waals surface area contributed by atoms with Crippen molar-refractivity contribution < 1.29 is 9.59 Å². The minimum Gasteiger partial charge on any atom is -0.338 e. The molecule has 0 spiro atoms. The summed E-state index contributed by atoms with van der Waals surface area (Å²) in [5.74, 6) is 0. The van der Waals surface area contributed by atoms with Crippen molar-refractivity contribution in [1.29, 1.82) is 0 Å². The maximum Gasteiger partial charge on any atom is 0.317 e. The van der Waals surface area contributed by atoms with E-state index in [1.165, 1.54) is 0 Å². The zero-order valence-electron chi connectivity index (χ0n) is 26.2. The molecule has 0 aromatic rings. The first kappa shape index (κ1) is 36.4. The molecule has 0 fully saturated rings. The zero-order valence-corrected chi connectivity index (χ0v) is 26.2. The lowest BCUT2D eigenvalue weighted by atomic mass is 10.2. The van der Waals surface area contributed by atoms with Crippen LogP contribution in [-0.4, -0.2) is 163 Å². The number of unbranched alkanes of at least 4 members (excludes halogenated alkanes) is 3. The van der Waals surface area contributed by atoms with Crippen LogP contribution >= 0.6 is 0 Å². The van der Waals surface area contributed by atoms with Crippen LogP contribution < -0.4 is 10.6 Å². The van der Waals surface area contributed by atoms with E-state index in [9.17, 15) is 9.59 Å². The third kappa shape index (κ3) is 22.4. The summed E-state index contributed by atoms with van der Waals surface area (Å²) in [6.07, 6.45) is 7.95.